The lowest BCUT2D eigenvalue weighted by Gasteiger charge is -2.34. The van der Waals surface area contributed by atoms with E-state index in [-0.39, 0.29) is 23.4 Å². The van der Waals surface area contributed by atoms with Gasteiger partial charge < -0.3 is 4.90 Å². The average Bonchev–Trinajstić information content (AvgIpc) is 2.55. The van der Waals surface area contributed by atoms with Crippen LogP contribution in [-0.2, 0) is 14.8 Å². The van der Waals surface area contributed by atoms with E-state index in [0.717, 1.165) is 35.9 Å². The number of carbonyl (C=O) groups is 1. The van der Waals surface area contributed by atoms with Crippen molar-refractivity contribution < 1.29 is 13.2 Å². The maximum absolute atomic E-state index is 12.5. The van der Waals surface area contributed by atoms with Crippen LogP contribution in [0.2, 0.25) is 0 Å². The smallest absolute Gasteiger partial charge is 0.243 e. The zero-order chi connectivity index (χ0) is 17.0. The molecule has 0 saturated heterocycles. The summed E-state index contributed by atoms with van der Waals surface area (Å²) in [5.74, 6) is 0.572. The lowest BCUT2D eigenvalue weighted by atomic mass is 9.87. The highest BCUT2D eigenvalue weighted by atomic mass is 32.2. The highest BCUT2D eigenvalue weighted by molar-refractivity contribution is 7.89. The summed E-state index contributed by atoms with van der Waals surface area (Å²) < 4.78 is 26.1. The number of sulfonamides is 1. The van der Waals surface area contributed by atoms with Crippen LogP contribution in [0, 0.1) is 5.92 Å². The molecule has 128 valence electrons. The number of carbonyl (C=O) groups excluding carboxylic acids is 1. The number of rotatable bonds is 5. The number of nitrogens with zero attached hydrogens (tertiary/aromatic N) is 2. The Hall–Kier alpha value is -1.40. The highest BCUT2D eigenvalue weighted by Gasteiger charge is 2.28. The minimum absolute atomic E-state index is 0.125. The summed E-state index contributed by atoms with van der Waals surface area (Å²) in [6, 6.07) is 8.44. The Balaban J connectivity index is 1.99. The van der Waals surface area contributed by atoms with E-state index in [1.807, 2.05) is 0 Å². The van der Waals surface area contributed by atoms with Gasteiger partial charge in [-0.1, -0.05) is 25.1 Å². The summed E-state index contributed by atoms with van der Waals surface area (Å²) in [4.78, 5) is 14.4. The van der Waals surface area contributed by atoms with E-state index in [1.165, 1.54) is 7.05 Å². The van der Waals surface area contributed by atoms with Gasteiger partial charge in [0.1, 0.15) is 0 Å². The largest absolute Gasteiger partial charge is 0.342 e. The fraction of sp³-hybridized carbons (Fsp3) is 0.588. The van der Waals surface area contributed by atoms with Crippen molar-refractivity contribution in [2.24, 2.45) is 5.92 Å². The van der Waals surface area contributed by atoms with E-state index in [9.17, 15) is 13.2 Å². The Morgan fingerprint density at radius 3 is 2.22 bits per heavy atom. The molecule has 6 heteroatoms. The Morgan fingerprint density at radius 1 is 1.09 bits per heavy atom. The van der Waals surface area contributed by atoms with Crippen LogP contribution in [-0.4, -0.2) is 50.2 Å². The van der Waals surface area contributed by atoms with Crippen molar-refractivity contribution in [2.45, 2.75) is 43.5 Å². The highest BCUT2D eigenvalue weighted by Crippen LogP contribution is 2.26. The molecule has 2 rings (SSSR count). The molecule has 0 heterocycles. The molecule has 0 aromatic heterocycles. The first kappa shape index (κ1) is 17.9. The van der Waals surface area contributed by atoms with Gasteiger partial charge in [0.2, 0.25) is 15.9 Å². The summed E-state index contributed by atoms with van der Waals surface area (Å²) in [5.41, 5.74) is 0. The van der Waals surface area contributed by atoms with Crippen LogP contribution in [0.5, 0.6) is 0 Å². The molecular formula is C17H26N2O3S. The Labute approximate surface area is 139 Å². The van der Waals surface area contributed by atoms with Gasteiger partial charge in [-0.15, -0.1) is 0 Å². The zero-order valence-electron chi connectivity index (χ0n) is 14.1. The van der Waals surface area contributed by atoms with Crippen molar-refractivity contribution in [3.63, 3.8) is 0 Å². The van der Waals surface area contributed by atoms with Crippen LogP contribution in [0.25, 0.3) is 0 Å². The molecule has 0 atom stereocenters. The summed E-state index contributed by atoms with van der Waals surface area (Å²) >= 11 is 0. The predicted octanol–water partition coefficient (Wildman–Crippen LogP) is 2.34. The third kappa shape index (κ3) is 4.32. The fourth-order valence-electron chi connectivity index (χ4n) is 2.99. The first-order chi connectivity index (χ1) is 10.8. The van der Waals surface area contributed by atoms with Crippen molar-refractivity contribution in [1.82, 2.24) is 9.21 Å². The Morgan fingerprint density at radius 2 is 1.65 bits per heavy atom. The molecule has 1 aliphatic carbocycles. The van der Waals surface area contributed by atoms with E-state index < -0.39 is 10.0 Å². The third-order valence-electron chi connectivity index (χ3n) is 4.74. The normalized spacial score (nSPS) is 22.1. The Kier molecular flexibility index (Phi) is 5.81. The summed E-state index contributed by atoms with van der Waals surface area (Å²) in [6.45, 7) is 2.11. The Bertz CT molecular complexity index is 622. The van der Waals surface area contributed by atoms with E-state index in [4.69, 9.17) is 0 Å². The maximum Gasteiger partial charge on any atom is 0.243 e. The molecule has 0 N–H and O–H groups in total. The van der Waals surface area contributed by atoms with E-state index in [2.05, 4.69) is 6.92 Å². The van der Waals surface area contributed by atoms with Crippen LogP contribution in [0.4, 0.5) is 0 Å². The predicted molar refractivity (Wildman–Crippen MR) is 90.4 cm³/mol. The molecule has 1 amide bonds. The number of hydrogen-bond acceptors (Lipinski definition) is 3. The van der Waals surface area contributed by atoms with Gasteiger partial charge >= 0.3 is 0 Å². The molecule has 5 nitrogen and oxygen atoms in total. The lowest BCUT2D eigenvalue weighted by molar-refractivity contribution is -0.132. The molecule has 0 unspecified atom stereocenters. The molecule has 1 aliphatic rings. The van der Waals surface area contributed by atoms with Gasteiger partial charge in [-0.2, -0.15) is 4.31 Å². The minimum Gasteiger partial charge on any atom is -0.342 e. The molecular weight excluding hydrogens is 312 g/mol. The molecule has 0 bridgehead atoms. The van der Waals surface area contributed by atoms with Crippen LogP contribution in [0.3, 0.4) is 0 Å². The first-order valence-corrected chi connectivity index (χ1v) is 9.53. The quantitative estimate of drug-likeness (QED) is 0.828. The van der Waals surface area contributed by atoms with Crippen LogP contribution >= 0.6 is 0 Å². The second kappa shape index (κ2) is 7.45. The summed E-state index contributed by atoms with van der Waals surface area (Å²) in [5, 5.41) is 0. The summed E-state index contributed by atoms with van der Waals surface area (Å²) in [6.07, 6.45) is 4.25. The third-order valence-corrected chi connectivity index (χ3v) is 6.55. The molecule has 1 saturated carbocycles. The molecule has 1 fully saturated rings. The van der Waals surface area contributed by atoms with Crippen molar-refractivity contribution in [3.8, 4) is 0 Å². The topological polar surface area (TPSA) is 57.7 Å². The molecule has 0 radical (unpaired) electrons. The van der Waals surface area contributed by atoms with Gasteiger partial charge in [0, 0.05) is 20.1 Å². The molecule has 1 aromatic rings. The number of hydrogen-bond donors (Lipinski definition) is 0. The fourth-order valence-corrected chi connectivity index (χ4v) is 4.13. The van der Waals surface area contributed by atoms with Crippen LogP contribution in [0.15, 0.2) is 35.2 Å². The van der Waals surface area contributed by atoms with Crippen molar-refractivity contribution >= 4 is 15.9 Å². The standard InChI is InChI=1S/C17H26N2O3S/c1-14-9-11-15(12-10-14)19(3)17(20)13-18(2)23(21,22)16-7-5-4-6-8-16/h4-8,14-15H,9-13H2,1-3H3. The van der Waals surface area contributed by atoms with Gasteiger partial charge in [0.25, 0.3) is 0 Å². The minimum atomic E-state index is -3.62. The van der Waals surface area contributed by atoms with Crippen molar-refractivity contribution in [3.05, 3.63) is 30.3 Å². The van der Waals surface area contributed by atoms with Gasteiger partial charge in [0.15, 0.2) is 0 Å². The molecule has 23 heavy (non-hydrogen) atoms. The van der Waals surface area contributed by atoms with Crippen LogP contribution in [0.1, 0.15) is 32.6 Å². The summed E-state index contributed by atoms with van der Waals surface area (Å²) in [7, 11) is -0.382. The SMILES string of the molecule is CC1CCC(N(C)C(=O)CN(C)S(=O)(=O)c2ccccc2)CC1. The van der Waals surface area contributed by atoms with Gasteiger partial charge in [0.05, 0.1) is 11.4 Å². The molecule has 0 aliphatic heterocycles. The van der Waals surface area contributed by atoms with Crippen LogP contribution < -0.4 is 0 Å². The van der Waals surface area contributed by atoms with Gasteiger partial charge in [-0.3, -0.25) is 4.79 Å². The molecule has 0 spiro atoms. The van der Waals surface area contributed by atoms with Gasteiger partial charge in [-0.25, -0.2) is 8.42 Å². The monoisotopic (exact) mass is 338 g/mol. The van der Waals surface area contributed by atoms with Crippen molar-refractivity contribution in [2.75, 3.05) is 20.6 Å². The van der Waals surface area contributed by atoms with Gasteiger partial charge in [-0.05, 0) is 43.7 Å². The lowest BCUT2D eigenvalue weighted by Crippen LogP contribution is -2.45. The second-order valence-electron chi connectivity index (χ2n) is 6.49. The molecule has 1 aromatic carbocycles. The average molecular weight is 338 g/mol. The second-order valence-corrected chi connectivity index (χ2v) is 8.54. The van der Waals surface area contributed by atoms with E-state index in [0.29, 0.717) is 0 Å². The van der Waals surface area contributed by atoms with E-state index >= 15 is 0 Å². The number of likely N-dealkylation sites (N-methyl/N-ethyl adjacent to an activating group) is 2. The zero-order valence-corrected chi connectivity index (χ0v) is 14.9. The maximum atomic E-state index is 12.5. The first-order valence-electron chi connectivity index (χ1n) is 8.09. The van der Waals surface area contributed by atoms with E-state index in [1.54, 1.807) is 42.3 Å². The number of amides is 1. The number of benzene rings is 1. The van der Waals surface area contributed by atoms with Crippen molar-refractivity contribution in [1.29, 1.82) is 0 Å².